The Morgan fingerprint density at radius 1 is 1.22 bits per heavy atom. The van der Waals surface area contributed by atoms with Crippen molar-refractivity contribution in [1.82, 2.24) is 0 Å². The van der Waals surface area contributed by atoms with Crippen molar-refractivity contribution in [2.24, 2.45) is 5.73 Å². The highest BCUT2D eigenvalue weighted by Crippen LogP contribution is 2.33. The first kappa shape index (κ1) is 13.5. The smallest absolute Gasteiger partial charge is 0.135 e. The van der Waals surface area contributed by atoms with Gasteiger partial charge in [0.25, 0.3) is 0 Å². The molecular formula is C14H15Cl2NO. The second kappa shape index (κ2) is 5.35. The van der Waals surface area contributed by atoms with E-state index in [2.05, 4.69) is 0 Å². The highest BCUT2D eigenvalue weighted by Gasteiger charge is 2.11. The Hall–Kier alpha value is -0.960. The van der Waals surface area contributed by atoms with Crippen molar-refractivity contribution in [1.29, 1.82) is 0 Å². The van der Waals surface area contributed by atoms with Gasteiger partial charge in [-0.15, -0.1) is 0 Å². The molecule has 2 aromatic rings. The van der Waals surface area contributed by atoms with E-state index in [1.165, 1.54) is 0 Å². The minimum Gasteiger partial charge on any atom is -0.461 e. The average molecular weight is 284 g/mol. The lowest BCUT2D eigenvalue weighted by atomic mass is 10.1. The van der Waals surface area contributed by atoms with E-state index < -0.39 is 0 Å². The van der Waals surface area contributed by atoms with Crippen molar-refractivity contribution in [3.05, 3.63) is 45.6 Å². The highest BCUT2D eigenvalue weighted by atomic mass is 35.5. The van der Waals surface area contributed by atoms with E-state index in [0.29, 0.717) is 16.5 Å². The summed E-state index contributed by atoms with van der Waals surface area (Å²) >= 11 is 12.3. The fourth-order valence-electron chi connectivity index (χ4n) is 1.78. The lowest BCUT2D eigenvalue weighted by Crippen LogP contribution is -2.17. The third-order valence-corrected chi connectivity index (χ3v) is 3.42. The monoisotopic (exact) mass is 283 g/mol. The van der Waals surface area contributed by atoms with E-state index >= 15 is 0 Å². The fourth-order valence-corrected chi connectivity index (χ4v) is 2.26. The number of nitrogens with two attached hydrogens (primary N) is 1. The second-order valence-corrected chi connectivity index (χ2v) is 5.34. The summed E-state index contributed by atoms with van der Waals surface area (Å²) in [4.78, 5) is 0. The molecule has 2 N–H and O–H groups in total. The molecule has 0 saturated carbocycles. The number of hydrogen-bond acceptors (Lipinski definition) is 2. The van der Waals surface area contributed by atoms with E-state index in [1.54, 1.807) is 0 Å². The van der Waals surface area contributed by atoms with Gasteiger partial charge in [0, 0.05) is 23.0 Å². The summed E-state index contributed by atoms with van der Waals surface area (Å²) in [7, 11) is 0. The average Bonchev–Trinajstić information content (AvgIpc) is 2.70. The van der Waals surface area contributed by atoms with Crippen LogP contribution in [0.1, 0.15) is 18.2 Å². The van der Waals surface area contributed by atoms with Crippen LogP contribution in [0, 0.1) is 6.92 Å². The fraction of sp³-hybridized carbons (Fsp3) is 0.286. The van der Waals surface area contributed by atoms with E-state index in [0.717, 1.165) is 22.6 Å². The molecule has 0 spiro atoms. The largest absolute Gasteiger partial charge is 0.461 e. The third-order valence-electron chi connectivity index (χ3n) is 2.70. The maximum atomic E-state index is 6.21. The van der Waals surface area contributed by atoms with Crippen LogP contribution >= 0.6 is 23.2 Å². The number of rotatable bonds is 3. The number of furan rings is 1. The Morgan fingerprint density at radius 3 is 2.61 bits per heavy atom. The van der Waals surface area contributed by atoms with Crippen molar-refractivity contribution >= 4 is 23.2 Å². The van der Waals surface area contributed by atoms with Gasteiger partial charge in [0.1, 0.15) is 11.5 Å². The molecule has 2 nitrogen and oxygen atoms in total. The molecule has 1 aromatic heterocycles. The van der Waals surface area contributed by atoms with Gasteiger partial charge in [0.15, 0.2) is 0 Å². The van der Waals surface area contributed by atoms with Gasteiger partial charge in [0.2, 0.25) is 0 Å². The number of hydrogen-bond donors (Lipinski definition) is 1. The highest BCUT2D eigenvalue weighted by molar-refractivity contribution is 6.35. The van der Waals surface area contributed by atoms with Gasteiger partial charge in [0.05, 0.1) is 5.02 Å². The maximum absolute atomic E-state index is 6.21. The first-order valence-corrected chi connectivity index (χ1v) is 6.53. The van der Waals surface area contributed by atoms with Crippen LogP contribution in [0.5, 0.6) is 0 Å². The summed E-state index contributed by atoms with van der Waals surface area (Å²) < 4.78 is 5.73. The molecule has 1 unspecified atom stereocenters. The summed E-state index contributed by atoms with van der Waals surface area (Å²) in [6.45, 7) is 3.86. The van der Waals surface area contributed by atoms with Crippen molar-refractivity contribution < 1.29 is 4.42 Å². The molecule has 0 amide bonds. The molecule has 0 saturated heterocycles. The van der Waals surface area contributed by atoms with E-state index in [4.69, 9.17) is 33.4 Å². The zero-order valence-electron chi connectivity index (χ0n) is 10.3. The molecule has 96 valence electrons. The molecule has 0 bridgehead atoms. The topological polar surface area (TPSA) is 39.2 Å². The lowest BCUT2D eigenvalue weighted by Gasteiger charge is -2.05. The van der Waals surface area contributed by atoms with Gasteiger partial charge < -0.3 is 10.2 Å². The van der Waals surface area contributed by atoms with Crippen molar-refractivity contribution in [3.63, 3.8) is 0 Å². The van der Waals surface area contributed by atoms with Crippen molar-refractivity contribution in [2.75, 3.05) is 0 Å². The Bertz CT molecular complexity index is 561. The van der Waals surface area contributed by atoms with Gasteiger partial charge >= 0.3 is 0 Å². The first-order valence-electron chi connectivity index (χ1n) is 5.77. The van der Waals surface area contributed by atoms with Crippen LogP contribution < -0.4 is 5.73 Å². The summed E-state index contributed by atoms with van der Waals surface area (Å²) in [6, 6.07) is 7.55. The summed E-state index contributed by atoms with van der Waals surface area (Å²) in [5.74, 6) is 1.57. The van der Waals surface area contributed by atoms with Crippen LogP contribution in [-0.2, 0) is 6.42 Å². The Kier molecular flexibility index (Phi) is 4.00. The number of halogens is 2. The van der Waals surface area contributed by atoms with Crippen molar-refractivity contribution in [2.45, 2.75) is 26.3 Å². The van der Waals surface area contributed by atoms with Crippen LogP contribution in [0.25, 0.3) is 11.3 Å². The standard InChI is InChI=1S/C14H15Cl2NO/c1-8-5-13(16)11(7-12(8)15)14-4-3-10(18-14)6-9(2)17/h3-5,7,9H,6,17H2,1-2H3. The van der Waals surface area contributed by atoms with Gasteiger partial charge in [-0.25, -0.2) is 0 Å². The zero-order chi connectivity index (χ0) is 13.3. The van der Waals surface area contributed by atoms with E-state index in [-0.39, 0.29) is 6.04 Å². The molecule has 1 aromatic carbocycles. The minimum absolute atomic E-state index is 0.0704. The Morgan fingerprint density at radius 2 is 1.94 bits per heavy atom. The van der Waals surface area contributed by atoms with Crippen molar-refractivity contribution in [3.8, 4) is 11.3 Å². The van der Waals surface area contributed by atoms with E-state index in [9.17, 15) is 0 Å². The summed E-state index contributed by atoms with van der Waals surface area (Å²) in [5, 5.41) is 1.32. The zero-order valence-corrected chi connectivity index (χ0v) is 11.8. The van der Waals surface area contributed by atoms with Crippen LogP contribution in [0.15, 0.2) is 28.7 Å². The van der Waals surface area contributed by atoms with Crippen LogP contribution in [0.3, 0.4) is 0 Å². The predicted octanol–water partition coefficient (Wildman–Crippen LogP) is 4.45. The van der Waals surface area contributed by atoms with Crippen LogP contribution in [0.4, 0.5) is 0 Å². The molecule has 0 aliphatic heterocycles. The Labute approximate surface area is 117 Å². The number of aryl methyl sites for hydroxylation is 1. The molecular weight excluding hydrogens is 269 g/mol. The maximum Gasteiger partial charge on any atom is 0.135 e. The molecule has 18 heavy (non-hydrogen) atoms. The summed E-state index contributed by atoms with van der Waals surface area (Å²) in [5.41, 5.74) is 7.50. The van der Waals surface area contributed by atoms with Gasteiger partial charge in [-0.2, -0.15) is 0 Å². The minimum atomic E-state index is 0.0704. The van der Waals surface area contributed by atoms with E-state index in [1.807, 2.05) is 38.1 Å². The Balaban J connectivity index is 2.37. The quantitative estimate of drug-likeness (QED) is 0.904. The molecule has 0 aliphatic carbocycles. The first-order chi connectivity index (χ1) is 8.47. The van der Waals surface area contributed by atoms with Crippen LogP contribution in [0.2, 0.25) is 10.0 Å². The molecule has 1 heterocycles. The molecule has 1 atom stereocenters. The number of benzene rings is 1. The summed E-state index contributed by atoms with van der Waals surface area (Å²) in [6.07, 6.45) is 0.706. The predicted molar refractivity (Wildman–Crippen MR) is 76.3 cm³/mol. The third kappa shape index (κ3) is 2.89. The SMILES string of the molecule is Cc1cc(Cl)c(-c2ccc(CC(C)N)o2)cc1Cl. The second-order valence-electron chi connectivity index (χ2n) is 4.53. The van der Waals surface area contributed by atoms with Gasteiger partial charge in [-0.05, 0) is 43.7 Å². The molecule has 0 fully saturated rings. The lowest BCUT2D eigenvalue weighted by molar-refractivity contribution is 0.503. The molecule has 2 rings (SSSR count). The van der Waals surface area contributed by atoms with Gasteiger partial charge in [-0.1, -0.05) is 23.2 Å². The molecule has 4 heteroatoms. The normalized spacial score (nSPS) is 12.7. The van der Waals surface area contributed by atoms with Crippen LogP contribution in [-0.4, -0.2) is 6.04 Å². The van der Waals surface area contributed by atoms with Gasteiger partial charge in [-0.3, -0.25) is 0 Å². The molecule has 0 radical (unpaired) electrons. The molecule has 0 aliphatic rings.